The largest absolute Gasteiger partial charge is 0.306 e. The molecule has 168 valence electrons. The number of anilines is 2. The Labute approximate surface area is 191 Å². The van der Waals surface area contributed by atoms with E-state index in [1.807, 2.05) is 0 Å². The minimum absolute atomic E-state index is 0.00951. The topological polar surface area (TPSA) is 84.3 Å². The van der Waals surface area contributed by atoms with Crippen molar-refractivity contribution < 1.29 is 17.6 Å². The van der Waals surface area contributed by atoms with Crippen molar-refractivity contribution >= 4 is 27.4 Å². The van der Waals surface area contributed by atoms with Crippen molar-refractivity contribution in [3.05, 3.63) is 102 Å². The molecule has 7 nitrogen and oxygen atoms in total. The molecular formula is C24H21FN4O3S. The van der Waals surface area contributed by atoms with Crippen LogP contribution in [-0.4, -0.2) is 31.2 Å². The summed E-state index contributed by atoms with van der Waals surface area (Å²) in [6.45, 7) is 1.77. The Morgan fingerprint density at radius 1 is 0.970 bits per heavy atom. The summed E-state index contributed by atoms with van der Waals surface area (Å²) in [4.78, 5) is 12.9. The van der Waals surface area contributed by atoms with Crippen molar-refractivity contribution in [3.63, 3.8) is 0 Å². The third kappa shape index (κ3) is 4.63. The van der Waals surface area contributed by atoms with Gasteiger partial charge in [0.25, 0.3) is 15.9 Å². The van der Waals surface area contributed by atoms with E-state index < -0.39 is 15.9 Å². The highest BCUT2D eigenvalue weighted by Crippen LogP contribution is 2.23. The number of carbonyl (C=O) groups excluding carboxylic acids is 1. The van der Waals surface area contributed by atoms with Crippen LogP contribution in [0.1, 0.15) is 16.1 Å². The van der Waals surface area contributed by atoms with Crippen LogP contribution in [0.15, 0.2) is 89.8 Å². The van der Waals surface area contributed by atoms with Gasteiger partial charge in [-0.2, -0.15) is 5.10 Å². The van der Waals surface area contributed by atoms with Crippen molar-refractivity contribution in [2.45, 2.75) is 11.8 Å². The number of sulfonamides is 1. The molecule has 0 bridgehead atoms. The molecule has 4 aromatic rings. The molecule has 0 aliphatic rings. The highest BCUT2D eigenvalue weighted by molar-refractivity contribution is 7.92. The summed E-state index contributed by atoms with van der Waals surface area (Å²) in [6.07, 6.45) is 0. The average molecular weight is 465 g/mol. The highest BCUT2D eigenvalue weighted by Gasteiger charge is 2.23. The molecule has 0 radical (unpaired) electrons. The first-order valence-corrected chi connectivity index (χ1v) is 11.5. The van der Waals surface area contributed by atoms with Gasteiger partial charge in [0.1, 0.15) is 11.6 Å². The number of aryl methyl sites for hydroxylation is 1. The Bertz CT molecular complexity index is 1400. The molecule has 3 aromatic carbocycles. The van der Waals surface area contributed by atoms with E-state index in [-0.39, 0.29) is 16.3 Å². The van der Waals surface area contributed by atoms with E-state index in [9.17, 15) is 17.6 Å². The second-order valence-electron chi connectivity index (χ2n) is 7.35. The molecule has 1 heterocycles. The summed E-state index contributed by atoms with van der Waals surface area (Å²) >= 11 is 0. The molecule has 33 heavy (non-hydrogen) atoms. The molecular weight excluding hydrogens is 443 g/mol. The predicted molar refractivity (Wildman–Crippen MR) is 125 cm³/mol. The number of nitrogens with one attached hydrogen (secondary N) is 1. The lowest BCUT2D eigenvalue weighted by atomic mass is 10.2. The number of rotatable bonds is 6. The number of carbonyl (C=O) groups is 1. The zero-order chi connectivity index (χ0) is 23.6. The molecule has 9 heteroatoms. The molecule has 0 aliphatic carbocycles. The summed E-state index contributed by atoms with van der Waals surface area (Å²) < 4.78 is 42.1. The summed E-state index contributed by atoms with van der Waals surface area (Å²) in [5.41, 5.74) is 1.89. The molecule has 1 N–H and O–H groups in total. The van der Waals surface area contributed by atoms with Crippen LogP contribution in [0.2, 0.25) is 0 Å². The Balaban J connectivity index is 1.61. The molecule has 0 unspecified atom stereocenters. The first-order chi connectivity index (χ1) is 15.8. The summed E-state index contributed by atoms with van der Waals surface area (Å²) in [7, 11) is -2.41. The van der Waals surface area contributed by atoms with Gasteiger partial charge in [-0.25, -0.2) is 17.5 Å². The quantitative estimate of drug-likeness (QED) is 0.459. The summed E-state index contributed by atoms with van der Waals surface area (Å²) in [6, 6.07) is 21.9. The minimum Gasteiger partial charge on any atom is -0.306 e. The van der Waals surface area contributed by atoms with Crippen LogP contribution in [0.4, 0.5) is 15.9 Å². The van der Waals surface area contributed by atoms with Crippen LogP contribution < -0.4 is 9.62 Å². The lowest BCUT2D eigenvalue weighted by Gasteiger charge is -2.19. The van der Waals surface area contributed by atoms with Crippen LogP contribution >= 0.6 is 0 Å². The average Bonchev–Trinajstić information content (AvgIpc) is 3.19. The number of halogens is 1. The minimum atomic E-state index is -3.87. The molecule has 0 aliphatic heterocycles. The lowest BCUT2D eigenvalue weighted by molar-refractivity contribution is 0.102. The zero-order valence-electron chi connectivity index (χ0n) is 17.9. The molecule has 0 fully saturated rings. The second kappa shape index (κ2) is 8.87. The van der Waals surface area contributed by atoms with E-state index in [4.69, 9.17) is 0 Å². The number of nitrogens with zero attached hydrogens (tertiary/aromatic N) is 3. The van der Waals surface area contributed by atoms with E-state index >= 15 is 0 Å². The number of amides is 1. The maximum Gasteiger partial charge on any atom is 0.264 e. The normalized spacial score (nSPS) is 11.2. The zero-order valence-corrected chi connectivity index (χ0v) is 18.8. The van der Waals surface area contributed by atoms with Gasteiger partial charge >= 0.3 is 0 Å². The Hall–Kier alpha value is -3.98. The number of hydrogen-bond acceptors (Lipinski definition) is 4. The number of hydrogen-bond donors (Lipinski definition) is 1. The van der Waals surface area contributed by atoms with Gasteiger partial charge in [-0.3, -0.25) is 9.10 Å². The molecule has 0 saturated heterocycles. The molecule has 0 atom stereocenters. The predicted octanol–water partition coefficient (Wildman–Crippen LogP) is 4.40. The van der Waals surface area contributed by atoms with Crippen molar-refractivity contribution in [1.82, 2.24) is 9.78 Å². The smallest absolute Gasteiger partial charge is 0.264 e. The van der Waals surface area contributed by atoms with Gasteiger partial charge < -0.3 is 5.32 Å². The van der Waals surface area contributed by atoms with Crippen LogP contribution in [0.3, 0.4) is 0 Å². The van der Waals surface area contributed by atoms with Crippen LogP contribution in [0.25, 0.3) is 5.69 Å². The first-order valence-electron chi connectivity index (χ1n) is 10.0. The fraction of sp³-hybridized carbons (Fsp3) is 0.0833. The second-order valence-corrected chi connectivity index (χ2v) is 9.32. The van der Waals surface area contributed by atoms with Gasteiger partial charge in [0.15, 0.2) is 0 Å². The van der Waals surface area contributed by atoms with Gasteiger partial charge in [0.05, 0.1) is 22.0 Å². The maximum atomic E-state index is 13.3. The third-order valence-electron chi connectivity index (χ3n) is 5.02. The fourth-order valence-electron chi connectivity index (χ4n) is 3.29. The summed E-state index contributed by atoms with van der Waals surface area (Å²) in [5.74, 6) is -0.511. The highest BCUT2D eigenvalue weighted by atomic mass is 32.2. The van der Waals surface area contributed by atoms with Gasteiger partial charge in [-0.15, -0.1) is 0 Å². The SMILES string of the molecule is Cc1cc(NC(=O)c2cccc(S(=O)(=O)N(C)c3ccccc3)c2)n(-c2ccc(F)cc2)n1. The van der Waals surface area contributed by atoms with E-state index in [2.05, 4.69) is 10.4 Å². The lowest BCUT2D eigenvalue weighted by Crippen LogP contribution is -2.26. The Kier molecular flexibility index (Phi) is 5.97. The van der Waals surface area contributed by atoms with Gasteiger partial charge in [0, 0.05) is 18.7 Å². The number of para-hydroxylation sites is 1. The monoisotopic (exact) mass is 464 g/mol. The molecule has 1 amide bonds. The molecule has 0 spiro atoms. The van der Waals surface area contributed by atoms with E-state index in [0.29, 0.717) is 22.9 Å². The van der Waals surface area contributed by atoms with E-state index in [1.54, 1.807) is 55.5 Å². The Morgan fingerprint density at radius 2 is 1.67 bits per heavy atom. The first kappa shape index (κ1) is 22.2. The van der Waals surface area contributed by atoms with Gasteiger partial charge in [-0.05, 0) is 61.5 Å². The number of benzene rings is 3. The summed E-state index contributed by atoms with van der Waals surface area (Å²) in [5, 5.41) is 7.11. The van der Waals surface area contributed by atoms with Crippen molar-refractivity contribution in [1.29, 1.82) is 0 Å². The van der Waals surface area contributed by atoms with Crippen LogP contribution in [0.5, 0.6) is 0 Å². The van der Waals surface area contributed by atoms with Crippen LogP contribution in [0, 0.1) is 12.7 Å². The fourth-order valence-corrected chi connectivity index (χ4v) is 4.53. The molecule has 1 aromatic heterocycles. The van der Waals surface area contributed by atoms with Crippen molar-refractivity contribution in [3.8, 4) is 5.69 Å². The van der Waals surface area contributed by atoms with Gasteiger partial charge in [-0.1, -0.05) is 24.3 Å². The standard InChI is InChI=1S/C24H21FN4O3S/c1-17-15-23(29(27-17)21-13-11-19(25)12-14-21)26-24(30)18-7-6-10-22(16-18)33(31,32)28(2)20-8-4-3-5-9-20/h3-16H,1-2H3,(H,26,30). The van der Waals surface area contributed by atoms with E-state index in [1.165, 1.54) is 48.1 Å². The van der Waals surface area contributed by atoms with Crippen molar-refractivity contribution in [2.24, 2.45) is 0 Å². The van der Waals surface area contributed by atoms with Crippen molar-refractivity contribution in [2.75, 3.05) is 16.7 Å². The third-order valence-corrected chi connectivity index (χ3v) is 6.80. The number of aromatic nitrogens is 2. The van der Waals surface area contributed by atoms with E-state index in [0.717, 1.165) is 4.31 Å². The van der Waals surface area contributed by atoms with Crippen LogP contribution in [-0.2, 0) is 10.0 Å². The van der Waals surface area contributed by atoms with Gasteiger partial charge in [0.2, 0.25) is 0 Å². The maximum absolute atomic E-state index is 13.3. The molecule has 4 rings (SSSR count). The molecule has 0 saturated carbocycles. The Morgan fingerprint density at radius 3 is 2.36 bits per heavy atom.